The van der Waals surface area contributed by atoms with E-state index in [1.54, 1.807) is 0 Å². The second-order valence-corrected chi connectivity index (χ2v) is 6.31. The van der Waals surface area contributed by atoms with E-state index in [9.17, 15) is 0 Å². The van der Waals surface area contributed by atoms with Gasteiger partial charge in [0.25, 0.3) is 0 Å². The number of benzene rings is 1. The van der Waals surface area contributed by atoms with Gasteiger partial charge in [-0.15, -0.1) is 0 Å². The molecule has 0 spiro atoms. The van der Waals surface area contributed by atoms with Crippen molar-refractivity contribution < 1.29 is 9.47 Å². The molecular weight excluding hydrogens is 354 g/mol. The summed E-state index contributed by atoms with van der Waals surface area (Å²) in [6.07, 6.45) is 2.56. The van der Waals surface area contributed by atoms with Crippen molar-refractivity contribution in [1.29, 1.82) is 0 Å². The monoisotopic (exact) mass is 373 g/mol. The minimum atomic E-state index is 0.446. The van der Waals surface area contributed by atoms with E-state index >= 15 is 0 Å². The number of rotatable bonds is 8. The van der Waals surface area contributed by atoms with Crippen LogP contribution in [0.15, 0.2) is 27.7 Å². The van der Waals surface area contributed by atoms with Gasteiger partial charge in [-0.05, 0) is 65.9 Å². The predicted octanol–water partition coefficient (Wildman–Crippen LogP) is 4.62. The molecule has 1 fully saturated rings. The van der Waals surface area contributed by atoms with Gasteiger partial charge in [0, 0.05) is 18.1 Å². The smallest absolute Gasteiger partial charge is 0.175 e. The summed E-state index contributed by atoms with van der Waals surface area (Å²) in [4.78, 5) is 0. The molecule has 1 saturated carbocycles. The Bertz CT molecular complexity index is 515. The van der Waals surface area contributed by atoms with E-state index in [0.29, 0.717) is 19.3 Å². The van der Waals surface area contributed by atoms with Gasteiger partial charge in [-0.25, -0.2) is 0 Å². The Morgan fingerprint density at radius 2 is 2.19 bits per heavy atom. The molecule has 5 heteroatoms. The average Bonchev–Trinajstić information content (AvgIpc) is 3.28. The zero-order chi connectivity index (χ0) is 15.2. The standard InChI is InChI=1S/C16H21BrClNO2/c1-3-20-15-7-12(9-19-13-4-5-13)6-14(17)16(15)21-10-11(2)8-18/h6-8,13,19H,3-5,9-10H2,1-2H3/b11-8+. The van der Waals surface area contributed by atoms with Crippen molar-refractivity contribution in [3.63, 3.8) is 0 Å². The predicted molar refractivity (Wildman–Crippen MR) is 90.3 cm³/mol. The van der Waals surface area contributed by atoms with E-state index in [1.165, 1.54) is 23.9 Å². The molecule has 2 rings (SSSR count). The molecule has 1 aliphatic carbocycles. The molecule has 116 valence electrons. The molecule has 1 aliphatic rings. The van der Waals surface area contributed by atoms with Crippen LogP contribution >= 0.6 is 27.5 Å². The molecule has 0 unspecified atom stereocenters. The van der Waals surface area contributed by atoms with Gasteiger partial charge in [0.05, 0.1) is 11.1 Å². The first-order chi connectivity index (χ1) is 10.1. The van der Waals surface area contributed by atoms with E-state index in [4.69, 9.17) is 21.1 Å². The first-order valence-corrected chi connectivity index (χ1v) is 8.44. The fourth-order valence-electron chi connectivity index (χ4n) is 1.89. The lowest BCUT2D eigenvalue weighted by molar-refractivity contribution is 0.291. The van der Waals surface area contributed by atoms with E-state index in [2.05, 4.69) is 27.3 Å². The largest absolute Gasteiger partial charge is 0.490 e. The number of hydrogen-bond acceptors (Lipinski definition) is 3. The third-order valence-corrected chi connectivity index (χ3v) is 4.13. The Labute approximate surface area is 139 Å². The summed E-state index contributed by atoms with van der Waals surface area (Å²) in [6, 6.07) is 4.80. The lowest BCUT2D eigenvalue weighted by atomic mass is 10.2. The number of halogens is 2. The molecule has 21 heavy (non-hydrogen) atoms. The van der Waals surface area contributed by atoms with Crippen molar-refractivity contribution in [2.24, 2.45) is 0 Å². The van der Waals surface area contributed by atoms with Crippen LogP contribution in [0, 0.1) is 0 Å². The minimum Gasteiger partial charge on any atom is -0.490 e. The molecule has 0 saturated heterocycles. The highest BCUT2D eigenvalue weighted by Gasteiger charge is 2.20. The molecule has 0 aromatic heterocycles. The quantitative estimate of drug-likeness (QED) is 0.720. The van der Waals surface area contributed by atoms with Gasteiger partial charge in [-0.1, -0.05) is 11.6 Å². The maximum Gasteiger partial charge on any atom is 0.175 e. The van der Waals surface area contributed by atoms with Crippen molar-refractivity contribution in [3.05, 3.63) is 33.3 Å². The Hall–Kier alpha value is -0.710. The molecule has 1 aromatic rings. The van der Waals surface area contributed by atoms with Gasteiger partial charge in [0.1, 0.15) is 6.61 Å². The molecule has 1 N–H and O–H groups in total. The third-order valence-electron chi connectivity index (χ3n) is 3.17. The second kappa shape index (κ2) is 8.06. The summed E-state index contributed by atoms with van der Waals surface area (Å²) in [5.41, 5.74) is 3.68. The summed E-state index contributed by atoms with van der Waals surface area (Å²) in [5, 5.41) is 3.50. The van der Waals surface area contributed by atoms with Gasteiger partial charge < -0.3 is 14.8 Å². The zero-order valence-electron chi connectivity index (χ0n) is 12.4. The van der Waals surface area contributed by atoms with E-state index in [1.807, 2.05) is 19.9 Å². The van der Waals surface area contributed by atoms with Crippen LogP contribution in [0.3, 0.4) is 0 Å². The van der Waals surface area contributed by atoms with E-state index < -0.39 is 0 Å². The maximum atomic E-state index is 5.82. The molecule has 0 amide bonds. The van der Waals surface area contributed by atoms with Gasteiger partial charge >= 0.3 is 0 Å². The Morgan fingerprint density at radius 1 is 1.43 bits per heavy atom. The summed E-state index contributed by atoms with van der Waals surface area (Å²) in [7, 11) is 0. The lowest BCUT2D eigenvalue weighted by Crippen LogP contribution is -2.15. The number of hydrogen-bond donors (Lipinski definition) is 1. The zero-order valence-corrected chi connectivity index (χ0v) is 14.8. The Morgan fingerprint density at radius 3 is 2.81 bits per heavy atom. The fourth-order valence-corrected chi connectivity index (χ4v) is 2.56. The first kappa shape index (κ1) is 16.7. The van der Waals surface area contributed by atoms with Crippen LogP contribution in [-0.2, 0) is 6.54 Å². The molecule has 3 nitrogen and oxygen atoms in total. The topological polar surface area (TPSA) is 30.5 Å². The van der Waals surface area contributed by atoms with Crippen LogP contribution < -0.4 is 14.8 Å². The van der Waals surface area contributed by atoms with E-state index in [0.717, 1.165) is 28.1 Å². The molecule has 0 atom stereocenters. The van der Waals surface area contributed by atoms with Crippen molar-refractivity contribution in [2.45, 2.75) is 39.3 Å². The molecule has 0 radical (unpaired) electrons. The van der Waals surface area contributed by atoms with Crippen molar-refractivity contribution in [3.8, 4) is 11.5 Å². The fraction of sp³-hybridized carbons (Fsp3) is 0.500. The normalized spacial score (nSPS) is 15.1. The molecule has 1 aromatic carbocycles. The molecule has 0 bridgehead atoms. The molecule has 0 heterocycles. The van der Waals surface area contributed by atoms with Crippen molar-refractivity contribution in [1.82, 2.24) is 5.32 Å². The number of nitrogens with one attached hydrogen (secondary N) is 1. The van der Waals surface area contributed by atoms with Crippen LogP contribution in [0.25, 0.3) is 0 Å². The summed E-state index contributed by atoms with van der Waals surface area (Å²) < 4.78 is 12.4. The van der Waals surface area contributed by atoms with E-state index in [-0.39, 0.29) is 0 Å². The Kier molecular flexibility index (Phi) is 6.40. The molecular formula is C16H21BrClNO2. The highest BCUT2D eigenvalue weighted by molar-refractivity contribution is 9.10. The summed E-state index contributed by atoms with van der Waals surface area (Å²) in [5.74, 6) is 1.49. The molecule has 0 aliphatic heterocycles. The Balaban J connectivity index is 2.12. The van der Waals surface area contributed by atoms with Gasteiger partial charge in [0.15, 0.2) is 11.5 Å². The minimum absolute atomic E-state index is 0.446. The highest BCUT2D eigenvalue weighted by Crippen LogP contribution is 2.37. The van der Waals surface area contributed by atoms with Crippen molar-refractivity contribution >= 4 is 27.5 Å². The maximum absolute atomic E-state index is 5.82. The lowest BCUT2D eigenvalue weighted by Gasteiger charge is -2.16. The third kappa shape index (κ3) is 5.20. The first-order valence-electron chi connectivity index (χ1n) is 7.21. The van der Waals surface area contributed by atoms with Gasteiger partial charge in [0.2, 0.25) is 0 Å². The average molecular weight is 375 g/mol. The van der Waals surface area contributed by atoms with Crippen LogP contribution in [-0.4, -0.2) is 19.3 Å². The second-order valence-electron chi connectivity index (χ2n) is 5.24. The van der Waals surface area contributed by atoms with Crippen LogP contribution in [0.4, 0.5) is 0 Å². The van der Waals surface area contributed by atoms with Crippen LogP contribution in [0.1, 0.15) is 32.3 Å². The SMILES string of the molecule is CCOc1cc(CNC2CC2)cc(Br)c1OC/C(C)=C/Cl. The summed E-state index contributed by atoms with van der Waals surface area (Å²) in [6.45, 7) is 5.80. The highest BCUT2D eigenvalue weighted by atomic mass is 79.9. The van der Waals surface area contributed by atoms with Crippen LogP contribution in [0.5, 0.6) is 11.5 Å². The van der Waals surface area contributed by atoms with Crippen LogP contribution in [0.2, 0.25) is 0 Å². The van der Waals surface area contributed by atoms with Gasteiger partial charge in [-0.3, -0.25) is 0 Å². The van der Waals surface area contributed by atoms with Gasteiger partial charge in [-0.2, -0.15) is 0 Å². The number of ether oxygens (including phenoxy) is 2. The summed E-state index contributed by atoms with van der Waals surface area (Å²) >= 11 is 9.25. The van der Waals surface area contributed by atoms with Crippen molar-refractivity contribution in [2.75, 3.05) is 13.2 Å².